The van der Waals surface area contributed by atoms with Crippen LogP contribution in [0.5, 0.6) is 5.75 Å². The van der Waals surface area contributed by atoms with E-state index in [-0.39, 0.29) is 131 Å². The molecule has 5 rings (SSSR count). The number of aromatic nitrogens is 2. The van der Waals surface area contributed by atoms with Gasteiger partial charge in [-0.25, -0.2) is 9.15 Å². The maximum atomic E-state index is 11.4. The number of rotatable bonds is 10. The van der Waals surface area contributed by atoms with E-state index in [1.165, 1.54) is 33.6 Å². The van der Waals surface area contributed by atoms with Crippen molar-refractivity contribution in [1.82, 2.24) is 19.1 Å². The van der Waals surface area contributed by atoms with Crippen LogP contribution in [-0.4, -0.2) is 27.5 Å². The normalized spacial score (nSPS) is 11.2. The number of hydrogen-bond donors (Lipinski definition) is 1. The Balaban J connectivity index is 0. The van der Waals surface area contributed by atoms with Crippen molar-refractivity contribution in [3.8, 4) is 28.0 Å². The van der Waals surface area contributed by atoms with Crippen LogP contribution in [0.15, 0.2) is 85.2 Å². The van der Waals surface area contributed by atoms with Crippen molar-refractivity contribution in [1.29, 1.82) is 0 Å². The summed E-state index contributed by atoms with van der Waals surface area (Å²) in [6.07, 6.45) is 7.92. The van der Waals surface area contributed by atoms with Gasteiger partial charge in [-0.3, -0.25) is 0 Å². The molecule has 0 spiro atoms. The fraction of sp³-hybridized carbons (Fsp3) is 0.333. The molecule has 0 amide bonds. The van der Waals surface area contributed by atoms with E-state index in [0.29, 0.717) is 0 Å². The van der Waals surface area contributed by atoms with Crippen molar-refractivity contribution in [2.45, 2.75) is 99.8 Å². The van der Waals surface area contributed by atoms with E-state index in [2.05, 4.69) is 134 Å². The van der Waals surface area contributed by atoms with Crippen LogP contribution in [0.2, 0.25) is 0 Å². The zero-order chi connectivity index (χ0) is 36.3. The molecule has 3 aromatic carbocycles. The first-order chi connectivity index (χ1) is 23.9. The van der Waals surface area contributed by atoms with Gasteiger partial charge in [0, 0.05) is 68.5 Å². The first kappa shape index (κ1) is 56.2. The van der Waals surface area contributed by atoms with Crippen LogP contribution in [-0.2, 0) is 34.1 Å². The molecule has 2 aromatic heterocycles. The Morgan fingerprint density at radius 2 is 0.821 bits per heavy atom. The summed E-state index contributed by atoms with van der Waals surface area (Å²) < 4.78 is 4.44. The molecule has 0 aliphatic carbocycles. The number of benzene rings is 3. The molecule has 0 aliphatic heterocycles. The standard InChI is InChI=1S/C45H53N4O.4BrH.2Cu/c1-12-48(42-18-14-16-20-46-42)44-36(28(3)4)22-33(23-37(44)29(5)6)40-26-35(50)27-41(32(40)11)34-24-38(30(7)8)45(39(25-34)31(9)10)49(13-2)43-19-15-17-21-47-43;;;;;;/h12-31H,1-11H3;4*1H;;/q+1;;;;;;/p-3. The van der Waals surface area contributed by atoms with Gasteiger partial charge < -0.3 is 73.0 Å². The molecule has 0 unspecified atom stereocenters. The number of phenolic OH excluding ortho intramolecular Hbond substituents is 1. The minimum Gasteiger partial charge on any atom is -1.00 e. The Labute approximate surface area is 399 Å². The minimum atomic E-state index is 0. The van der Waals surface area contributed by atoms with E-state index in [4.69, 9.17) is 9.97 Å². The number of nitrogens with zero attached hydrogens (tertiary/aromatic N) is 4. The maximum absolute atomic E-state index is 11.4. The van der Waals surface area contributed by atoms with Gasteiger partial charge in [-0.15, -0.1) is 0 Å². The SMILES string of the molecule is CC=[N+](c1ccccn1)c1c(C(C)C)cc(-c2cc(O)cc(-c3cc(C(C)C)c([N+](=CC)c4ccccn4)c(C(C)C)c3)c2C)cc1C(C)C.[Br-].[Br-].[Br-].[Br-].[Cu].[Cu]. The van der Waals surface area contributed by atoms with Crippen LogP contribution < -0.4 is 77.1 Å². The zero-order valence-electron chi connectivity index (χ0n) is 33.9. The van der Waals surface area contributed by atoms with Gasteiger partial charge in [0.05, 0.1) is 12.4 Å². The van der Waals surface area contributed by atoms with Gasteiger partial charge in [0.1, 0.15) is 29.5 Å². The second-order valence-corrected chi connectivity index (χ2v) is 14.4. The van der Waals surface area contributed by atoms with E-state index in [9.17, 15) is 5.11 Å². The topological polar surface area (TPSA) is 52.0 Å². The fourth-order valence-corrected chi connectivity index (χ4v) is 7.03. The van der Waals surface area contributed by atoms with Crippen molar-refractivity contribution >= 4 is 35.4 Å². The summed E-state index contributed by atoms with van der Waals surface area (Å²) in [5, 5.41) is 11.4. The Morgan fingerprint density at radius 3 is 1.05 bits per heavy atom. The molecule has 2 heterocycles. The summed E-state index contributed by atoms with van der Waals surface area (Å²) in [4.78, 5) is 9.42. The quantitative estimate of drug-likeness (QED) is 0.124. The van der Waals surface area contributed by atoms with Crippen LogP contribution >= 0.6 is 0 Å². The zero-order valence-corrected chi connectivity index (χ0v) is 42.1. The van der Waals surface area contributed by atoms with E-state index in [0.717, 1.165) is 39.5 Å². The third-order valence-corrected chi connectivity index (χ3v) is 9.63. The first-order valence-corrected chi connectivity index (χ1v) is 18.1. The largest absolute Gasteiger partial charge is 1.00 e. The minimum absolute atomic E-state index is 0. The molecular formula is C45H54Br4Cu2N4O-2. The molecule has 56 heavy (non-hydrogen) atoms. The van der Waals surface area contributed by atoms with Gasteiger partial charge in [0.25, 0.3) is 0 Å². The van der Waals surface area contributed by atoms with Crippen LogP contribution in [0.4, 0.5) is 23.0 Å². The summed E-state index contributed by atoms with van der Waals surface area (Å²) in [7, 11) is 0. The van der Waals surface area contributed by atoms with Crippen molar-refractivity contribution < 1.29 is 107 Å². The van der Waals surface area contributed by atoms with Gasteiger partial charge in [0.15, 0.2) is 0 Å². The van der Waals surface area contributed by atoms with Gasteiger partial charge in [-0.05, 0) is 131 Å². The summed E-state index contributed by atoms with van der Waals surface area (Å²) in [5.41, 5.74) is 12.8. The molecule has 2 radical (unpaired) electrons. The molecule has 0 aliphatic rings. The number of phenols is 1. The van der Waals surface area contributed by atoms with Crippen molar-refractivity contribution in [2.75, 3.05) is 0 Å². The van der Waals surface area contributed by atoms with E-state index < -0.39 is 0 Å². The molecule has 5 aromatic rings. The molecule has 0 bridgehead atoms. The second kappa shape index (κ2) is 24.9. The number of hydrogen-bond acceptors (Lipinski definition) is 3. The molecule has 0 saturated carbocycles. The summed E-state index contributed by atoms with van der Waals surface area (Å²) in [6, 6.07) is 25.2. The van der Waals surface area contributed by atoms with Gasteiger partial charge >= 0.3 is 11.6 Å². The molecular weight excluding hydrogens is 1060 g/mol. The fourth-order valence-electron chi connectivity index (χ4n) is 7.03. The Hall–Kier alpha value is -1.94. The summed E-state index contributed by atoms with van der Waals surface area (Å²) >= 11 is 0. The number of aromatic hydroxyl groups is 1. The molecule has 0 fully saturated rings. The van der Waals surface area contributed by atoms with Gasteiger partial charge in [-0.1, -0.05) is 67.5 Å². The van der Waals surface area contributed by atoms with E-state index >= 15 is 0 Å². The third kappa shape index (κ3) is 12.1. The molecule has 0 saturated heterocycles. The van der Waals surface area contributed by atoms with Gasteiger partial charge in [0.2, 0.25) is 0 Å². The Kier molecular flexibility index (Phi) is 24.9. The van der Waals surface area contributed by atoms with Crippen molar-refractivity contribution in [3.63, 3.8) is 0 Å². The van der Waals surface area contributed by atoms with Crippen LogP contribution in [0, 0.1) is 6.92 Å². The Bertz CT molecular complexity index is 1870. The summed E-state index contributed by atoms with van der Waals surface area (Å²) in [6.45, 7) is 24.4. The molecule has 0 atom stereocenters. The van der Waals surface area contributed by atoms with Crippen LogP contribution in [0.25, 0.3) is 22.3 Å². The average Bonchev–Trinajstić information content (AvgIpc) is 3.10. The van der Waals surface area contributed by atoms with Gasteiger partial charge in [-0.2, -0.15) is 0 Å². The number of halogens is 4. The second-order valence-electron chi connectivity index (χ2n) is 14.4. The number of pyridine rings is 2. The molecule has 312 valence electrons. The molecule has 5 nitrogen and oxygen atoms in total. The molecule has 1 N–H and O–H groups in total. The average molecular weight is 1110 g/mol. The predicted molar refractivity (Wildman–Crippen MR) is 215 cm³/mol. The smallest absolute Gasteiger partial charge is 0.327 e. The Morgan fingerprint density at radius 1 is 0.518 bits per heavy atom. The maximum Gasteiger partial charge on any atom is 0.327 e. The molecule has 11 heteroatoms. The van der Waals surface area contributed by atoms with Crippen LogP contribution in [0.3, 0.4) is 0 Å². The van der Waals surface area contributed by atoms with Crippen LogP contribution in [0.1, 0.15) is 121 Å². The first-order valence-electron chi connectivity index (χ1n) is 18.1. The monoisotopic (exact) mass is 1110 g/mol. The third-order valence-electron chi connectivity index (χ3n) is 9.63. The van der Waals surface area contributed by atoms with E-state index in [1.807, 2.05) is 48.8 Å². The van der Waals surface area contributed by atoms with E-state index in [1.54, 1.807) is 0 Å². The summed E-state index contributed by atoms with van der Waals surface area (Å²) in [5.74, 6) is 3.11. The van der Waals surface area contributed by atoms with Crippen molar-refractivity contribution in [2.24, 2.45) is 0 Å². The van der Waals surface area contributed by atoms with Crippen molar-refractivity contribution in [3.05, 3.63) is 113 Å². The predicted octanol–water partition coefficient (Wildman–Crippen LogP) is 0.180.